The fraction of sp³-hybridized carbons (Fsp3) is 0.412. The van der Waals surface area contributed by atoms with Crippen LogP contribution in [0.25, 0.3) is 10.9 Å². The zero-order valence-corrected chi connectivity index (χ0v) is 13.2. The van der Waals surface area contributed by atoms with Gasteiger partial charge in [-0.3, -0.25) is 14.2 Å². The Kier molecular flexibility index (Phi) is 4.28. The van der Waals surface area contributed by atoms with Gasteiger partial charge >= 0.3 is 5.97 Å². The van der Waals surface area contributed by atoms with Gasteiger partial charge in [0.2, 0.25) is 5.91 Å². The largest absolute Gasteiger partial charge is 0.505 e. The maximum Gasteiger partial charge on any atom is 0.307 e. The minimum Gasteiger partial charge on any atom is -0.505 e. The molecule has 0 atom stereocenters. The van der Waals surface area contributed by atoms with Crippen LogP contribution in [-0.4, -0.2) is 39.9 Å². The van der Waals surface area contributed by atoms with Gasteiger partial charge in [-0.2, -0.15) is 0 Å². The van der Waals surface area contributed by atoms with E-state index in [1.807, 2.05) is 0 Å². The van der Waals surface area contributed by atoms with E-state index in [9.17, 15) is 19.1 Å². The fourth-order valence-electron chi connectivity index (χ4n) is 3.30. The predicted octanol–water partition coefficient (Wildman–Crippen LogP) is 2.49. The Labute approximate surface area is 137 Å². The summed E-state index contributed by atoms with van der Waals surface area (Å²) >= 11 is 0. The van der Waals surface area contributed by atoms with Crippen molar-refractivity contribution in [1.29, 1.82) is 0 Å². The summed E-state index contributed by atoms with van der Waals surface area (Å²) in [6.07, 6.45) is 0.732. The van der Waals surface area contributed by atoms with Crippen LogP contribution in [0, 0.1) is 18.7 Å². The van der Waals surface area contributed by atoms with Gasteiger partial charge in [-0.15, -0.1) is 0 Å². The predicted molar refractivity (Wildman–Crippen MR) is 83.8 cm³/mol. The number of phenolic OH excluding ortho intramolecular Hbond substituents is 1. The van der Waals surface area contributed by atoms with Crippen LogP contribution in [0.1, 0.15) is 28.9 Å². The first kappa shape index (κ1) is 16.4. The Bertz CT molecular complexity index is 820. The molecule has 3 rings (SSSR count). The first-order chi connectivity index (χ1) is 11.4. The Hall–Kier alpha value is -2.41. The van der Waals surface area contributed by atoms with Gasteiger partial charge in [0.15, 0.2) is 11.6 Å². The van der Waals surface area contributed by atoms with Crippen LogP contribution in [0.15, 0.2) is 12.1 Å². The number of aromatic hydroxyl groups is 1. The summed E-state index contributed by atoms with van der Waals surface area (Å²) in [6, 6.07) is 2.62. The van der Waals surface area contributed by atoms with Crippen molar-refractivity contribution in [3.05, 3.63) is 29.2 Å². The van der Waals surface area contributed by atoms with Gasteiger partial charge in [0.25, 0.3) is 0 Å². The summed E-state index contributed by atoms with van der Waals surface area (Å²) in [6.45, 7) is 2.59. The Morgan fingerprint density at radius 1 is 1.33 bits per heavy atom. The van der Waals surface area contributed by atoms with Crippen molar-refractivity contribution < 1.29 is 28.9 Å². The molecule has 1 aromatic carbocycles. The van der Waals surface area contributed by atoms with Gasteiger partial charge in [0.1, 0.15) is 0 Å². The van der Waals surface area contributed by atoms with Crippen molar-refractivity contribution in [3.63, 3.8) is 0 Å². The number of carbonyl (C=O) groups excluding carboxylic acids is 1. The Morgan fingerprint density at radius 3 is 2.62 bits per heavy atom. The number of nitrogens with zero attached hydrogens (tertiary/aromatic N) is 1. The third kappa shape index (κ3) is 2.65. The molecule has 1 aliphatic rings. The maximum atomic E-state index is 14.4. The number of ether oxygens (including phenoxy) is 1. The number of rotatable bonds is 3. The molecular weight excluding hydrogens is 317 g/mol. The lowest BCUT2D eigenvalue weighted by molar-refractivity contribution is -0.136. The average Bonchev–Trinajstić information content (AvgIpc) is 2.83. The van der Waals surface area contributed by atoms with Crippen LogP contribution >= 0.6 is 0 Å². The number of fused-ring (bicyclic) bond motifs is 1. The number of hydrogen-bond donors (Lipinski definition) is 2. The molecule has 0 amide bonds. The van der Waals surface area contributed by atoms with Gasteiger partial charge < -0.3 is 14.9 Å². The lowest BCUT2D eigenvalue weighted by atomic mass is 9.99. The Balaban J connectivity index is 2.20. The number of phenols is 1. The summed E-state index contributed by atoms with van der Waals surface area (Å²) in [5.74, 6) is -3.03. The van der Waals surface area contributed by atoms with Gasteiger partial charge in [0.05, 0.1) is 11.9 Å². The molecule has 2 N–H and O–H groups in total. The molecule has 7 heteroatoms. The minimum atomic E-state index is -1.13. The van der Waals surface area contributed by atoms with Crippen molar-refractivity contribution in [2.24, 2.45) is 5.92 Å². The normalized spacial score (nSPS) is 15.8. The molecule has 0 spiro atoms. The van der Waals surface area contributed by atoms with Crippen molar-refractivity contribution in [1.82, 2.24) is 4.57 Å². The molecule has 1 fully saturated rings. The number of aliphatic carboxylic acids is 1. The highest BCUT2D eigenvalue weighted by Gasteiger charge is 2.29. The zero-order chi connectivity index (χ0) is 17.4. The quantitative estimate of drug-likeness (QED) is 0.899. The van der Waals surface area contributed by atoms with Gasteiger partial charge in [-0.1, -0.05) is 0 Å². The van der Waals surface area contributed by atoms with E-state index < -0.39 is 24.0 Å². The Morgan fingerprint density at radius 2 is 2.00 bits per heavy atom. The third-order valence-electron chi connectivity index (χ3n) is 4.53. The number of aromatic nitrogens is 1. The van der Waals surface area contributed by atoms with Crippen LogP contribution in [-0.2, 0) is 16.0 Å². The van der Waals surface area contributed by atoms with Gasteiger partial charge in [-0.25, -0.2) is 4.39 Å². The second-order valence-corrected chi connectivity index (χ2v) is 5.99. The number of benzene rings is 1. The average molecular weight is 335 g/mol. The van der Waals surface area contributed by atoms with E-state index >= 15 is 0 Å². The molecule has 24 heavy (non-hydrogen) atoms. The molecule has 6 nitrogen and oxygen atoms in total. The summed E-state index contributed by atoms with van der Waals surface area (Å²) in [5, 5.41) is 18.7. The maximum absolute atomic E-state index is 14.4. The topological polar surface area (TPSA) is 88.8 Å². The molecule has 0 aliphatic carbocycles. The number of hydrogen-bond acceptors (Lipinski definition) is 4. The number of carboxylic acids is 1. The number of halogens is 1. The van der Waals surface area contributed by atoms with Crippen LogP contribution in [0.5, 0.6) is 5.75 Å². The first-order valence-electron chi connectivity index (χ1n) is 7.77. The van der Waals surface area contributed by atoms with E-state index in [4.69, 9.17) is 9.84 Å². The van der Waals surface area contributed by atoms with Crippen LogP contribution < -0.4 is 0 Å². The van der Waals surface area contributed by atoms with Gasteiger partial charge in [-0.05, 0) is 37.5 Å². The van der Waals surface area contributed by atoms with Crippen LogP contribution in [0.3, 0.4) is 0 Å². The molecule has 0 unspecified atom stereocenters. The van der Waals surface area contributed by atoms with Crippen molar-refractivity contribution in [3.8, 4) is 5.75 Å². The first-order valence-corrected chi connectivity index (χ1v) is 7.77. The van der Waals surface area contributed by atoms with E-state index in [-0.39, 0.29) is 28.3 Å². The minimum absolute atomic E-state index is 0.00434. The molecule has 1 saturated heterocycles. The van der Waals surface area contributed by atoms with Crippen LogP contribution in [0.2, 0.25) is 0 Å². The molecule has 2 heterocycles. The highest BCUT2D eigenvalue weighted by atomic mass is 19.1. The molecular formula is C17H18FNO5. The summed E-state index contributed by atoms with van der Waals surface area (Å²) in [5.41, 5.74) is 0.898. The van der Waals surface area contributed by atoms with E-state index in [2.05, 4.69) is 0 Å². The lowest BCUT2D eigenvalue weighted by Gasteiger charge is -2.22. The SMILES string of the molecule is Cc1c(CC(=O)O)c2c(F)c(O)ccc2n1C(=O)C1CCOCC1. The second-order valence-electron chi connectivity index (χ2n) is 5.99. The van der Waals surface area contributed by atoms with Crippen LogP contribution in [0.4, 0.5) is 4.39 Å². The van der Waals surface area contributed by atoms with E-state index in [0.717, 1.165) is 0 Å². The third-order valence-corrected chi connectivity index (χ3v) is 4.53. The van der Waals surface area contributed by atoms with E-state index in [0.29, 0.717) is 31.7 Å². The standard InChI is InChI=1S/C17H18FNO5/c1-9-11(8-14(21)22)15-12(2-3-13(20)16(15)18)19(9)17(23)10-4-6-24-7-5-10/h2-3,10,20H,4-8H2,1H3,(H,21,22). The summed E-state index contributed by atoms with van der Waals surface area (Å²) < 4.78 is 21.1. The fourth-order valence-corrected chi connectivity index (χ4v) is 3.30. The monoisotopic (exact) mass is 335 g/mol. The highest BCUT2D eigenvalue weighted by Crippen LogP contribution is 2.34. The number of carboxylic acid groups (broad SMARTS) is 1. The molecule has 1 aliphatic heterocycles. The van der Waals surface area contributed by atoms with Gasteiger partial charge in [0, 0.05) is 30.2 Å². The molecule has 0 radical (unpaired) electrons. The number of carbonyl (C=O) groups is 2. The molecule has 0 saturated carbocycles. The van der Waals surface area contributed by atoms with Crippen molar-refractivity contribution >= 4 is 22.8 Å². The second kappa shape index (κ2) is 6.24. The lowest BCUT2D eigenvalue weighted by Crippen LogP contribution is -2.28. The highest BCUT2D eigenvalue weighted by molar-refractivity contribution is 5.99. The van der Waals surface area contributed by atoms with E-state index in [1.165, 1.54) is 16.7 Å². The molecule has 0 bridgehead atoms. The summed E-state index contributed by atoms with van der Waals surface area (Å²) in [7, 11) is 0. The molecule has 1 aromatic heterocycles. The summed E-state index contributed by atoms with van der Waals surface area (Å²) in [4.78, 5) is 24.1. The smallest absolute Gasteiger partial charge is 0.307 e. The van der Waals surface area contributed by atoms with Crippen molar-refractivity contribution in [2.75, 3.05) is 13.2 Å². The van der Waals surface area contributed by atoms with E-state index in [1.54, 1.807) is 6.92 Å². The molecule has 2 aromatic rings. The zero-order valence-electron chi connectivity index (χ0n) is 13.2. The molecule has 128 valence electrons. The van der Waals surface area contributed by atoms with Crippen molar-refractivity contribution in [2.45, 2.75) is 26.2 Å².